The summed E-state index contributed by atoms with van der Waals surface area (Å²) < 4.78 is 0. The van der Waals surface area contributed by atoms with Crippen LogP contribution in [-0.4, -0.2) is 35.9 Å². The average molecular weight is 300 g/mol. The molecule has 1 aromatic carbocycles. The Morgan fingerprint density at radius 1 is 1.50 bits per heavy atom. The van der Waals surface area contributed by atoms with Crippen molar-refractivity contribution in [3.8, 4) is 0 Å². The van der Waals surface area contributed by atoms with Gasteiger partial charge >= 0.3 is 0 Å². The van der Waals surface area contributed by atoms with E-state index in [0.29, 0.717) is 12.1 Å². The molecule has 1 fully saturated rings. The molecule has 0 aliphatic carbocycles. The van der Waals surface area contributed by atoms with Crippen LogP contribution in [0.4, 0.5) is 5.69 Å². The highest BCUT2D eigenvalue weighted by Gasteiger charge is 2.26. The molecular weight excluding hydrogens is 282 g/mol. The third-order valence-electron chi connectivity index (χ3n) is 3.38. The van der Waals surface area contributed by atoms with Crippen molar-refractivity contribution >= 4 is 24.0 Å². The van der Waals surface area contributed by atoms with Crippen LogP contribution in [-0.2, 0) is 11.3 Å². The molecule has 110 valence electrons. The molecule has 7 heteroatoms. The lowest BCUT2D eigenvalue weighted by atomic mass is 10.1. The highest BCUT2D eigenvalue weighted by Crippen LogP contribution is 2.20. The predicted octanol–water partition coefficient (Wildman–Crippen LogP) is 1.58. The van der Waals surface area contributed by atoms with Gasteiger partial charge in [0.1, 0.15) is 0 Å². The molecule has 0 saturated carbocycles. The van der Waals surface area contributed by atoms with Crippen LogP contribution in [0.5, 0.6) is 0 Å². The molecule has 1 saturated heterocycles. The minimum Gasteiger partial charge on any atom is -0.341 e. The molecule has 1 aliphatic heterocycles. The fraction of sp³-hybridized carbons (Fsp3) is 0.462. The Hall–Kier alpha value is -1.66. The maximum atomic E-state index is 12.1. The highest BCUT2D eigenvalue weighted by atomic mass is 35.5. The smallest absolute Gasteiger partial charge is 0.274 e. The number of para-hydroxylation sites is 1. The third kappa shape index (κ3) is 3.68. The Balaban J connectivity index is 0.00000200. The first-order valence-electron chi connectivity index (χ1n) is 6.27. The summed E-state index contributed by atoms with van der Waals surface area (Å²) in [4.78, 5) is 24.2. The lowest BCUT2D eigenvalue weighted by molar-refractivity contribution is -0.385. The molecule has 1 heterocycles. The van der Waals surface area contributed by atoms with Gasteiger partial charge in [0.25, 0.3) is 5.69 Å². The van der Waals surface area contributed by atoms with Gasteiger partial charge in [0.05, 0.1) is 17.4 Å². The van der Waals surface area contributed by atoms with E-state index in [1.54, 1.807) is 30.1 Å². The largest absolute Gasteiger partial charge is 0.341 e. The Morgan fingerprint density at radius 2 is 2.20 bits per heavy atom. The number of benzene rings is 1. The molecular formula is C13H18ClN3O3. The van der Waals surface area contributed by atoms with Crippen molar-refractivity contribution in [3.05, 3.63) is 39.9 Å². The van der Waals surface area contributed by atoms with Gasteiger partial charge < -0.3 is 10.2 Å². The number of carbonyl (C=O) groups is 1. The second-order valence-corrected chi connectivity index (χ2v) is 4.77. The Bertz CT molecular complexity index is 490. The molecule has 0 aromatic heterocycles. The third-order valence-corrected chi connectivity index (χ3v) is 3.38. The fourth-order valence-corrected chi connectivity index (χ4v) is 2.33. The summed E-state index contributed by atoms with van der Waals surface area (Å²) in [6, 6.07) is 6.53. The van der Waals surface area contributed by atoms with Crippen LogP contribution in [0, 0.1) is 16.0 Å². The van der Waals surface area contributed by atoms with Crippen molar-refractivity contribution in [1.82, 2.24) is 10.2 Å². The topological polar surface area (TPSA) is 75.5 Å². The monoisotopic (exact) mass is 299 g/mol. The van der Waals surface area contributed by atoms with Crippen molar-refractivity contribution in [2.45, 2.75) is 13.0 Å². The van der Waals surface area contributed by atoms with Gasteiger partial charge in [-0.15, -0.1) is 12.4 Å². The SMILES string of the molecule is CN(Cc1ccccc1[N+](=O)[O-])C(=O)C1CCNC1.Cl. The van der Waals surface area contributed by atoms with Gasteiger partial charge in [0.15, 0.2) is 0 Å². The van der Waals surface area contributed by atoms with E-state index in [4.69, 9.17) is 0 Å². The summed E-state index contributed by atoms with van der Waals surface area (Å²) in [7, 11) is 1.69. The molecule has 20 heavy (non-hydrogen) atoms. The average Bonchev–Trinajstić information content (AvgIpc) is 2.92. The zero-order valence-corrected chi connectivity index (χ0v) is 12.1. The van der Waals surface area contributed by atoms with Gasteiger partial charge in [-0.2, -0.15) is 0 Å². The molecule has 0 radical (unpaired) electrons. The Kier molecular flexibility index (Phi) is 5.91. The summed E-state index contributed by atoms with van der Waals surface area (Å²) in [5.74, 6) is 0.0379. The second-order valence-electron chi connectivity index (χ2n) is 4.77. The van der Waals surface area contributed by atoms with Crippen LogP contribution >= 0.6 is 12.4 Å². The minimum absolute atomic E-state index is 0. The number of nitro groups is 1. The van der Waals surface area contributed by atoms with Crippen molar-refractivity contribution in [3.63, 3.8) is 0 Å². The van der Waals surface area contributed by atoms with E-state index in [9.17, 15) is 14.9 Å². The van der Waals surface area contributed by atoms with Gasteiger partial charge in [-0.1, -0.05) is 18.2 Å². The maximum Gasteiger partial charge on any atom is 0.274 e. The van der Waals surface area contributed by atoms with Crippen LogP contribution < -0.4 is 5.32 Å². The number of halogens is 1. The van der Waals surface area contributed by atoms with Gasteiger partial charge in [0.2, 0.25) is 5.91 Å². The first kappa shape index (κ1) is 16.4. The lowest BCUT2D eigenvalue weighted by Gasteiger charge is -2.20. The van der Waals surface area contributed by atoms with E-state index < -0.39 is 4.92 Å². The van der Waals surface area contributed by atoms with Crippen molar-refractivity contribution in [2.24, 2.45) is 5.92 Å². The van der Waals surface area contributed by atoms with Crippen LogP contribution in [0.25, 0.3) is 0 Å². The number of rotatable bonds is 4. The molecule has 2 rings (SSSR count). The van der Waals surface area contributed by atoms with E-state index in [1.807, 2.05) is 0 Å². The maximum absolute atomic E-state index is 12.1. The number of hydrogen-bond acceptors (Lipinski definition) is 4. The van der Waals surface area contributed by atoms with Crippen LogP contribution in [0.15, 0.2) is 24.3 Å². The van der Waals surface area contributed by atoms with E-state index in [-0.39, 0.29) is 36.5 Å². The number of nitrogens with one attached hydrogen (secondary N) is 1. The summed E-state index contributed by atoms with van der Waals surface area (Å²) in [6.45, 7) is 1.82. The molecule has 1 aliphatic rings. The van der Waals surface area contributed by atoms with Crippen molar-refractivity contribution < 1.29 is 9.72 Å². The molecule has 1 aromatic rings. The van der Waals surface area contributed by atoms with E-state index in [1.165, 1.54) is 6.07 Å². The molecule has 0 bridgehead atoms. The molecule has 1 unspecified atom stereocenters. The van der Waals surface area contributed by atoms with Gasteiger partial charge in [0, 0.05) is 25.2 Å². The fourth-order valence-electron chi connectivity index (χ4n) is 2.33. The Morgan fingerprint density at radius 3 is 2.80 bits per heavy atom. The number of nitro benzene ring substituents is 1. The second kappa shape index (κ2) is 7.21. The molecule has 1 amide bonds. The van der Waals surface area contributed by atoms with E-state index in [2.05, 4.69) is 5.32 Å². The van der Waals surface area contributed by atoms with Gasteiger partial charge in [-0.3, -0.25) is 14.9 Å². The molecule has 1 N–H and O–H groups in total. The first-order valence-corrected chi connectivity index (χ1v) is 6.27. The summed E-state index contributed by atoms with van der Waals surface area (Å²) in [5.41, 5.74) is 0.626. The quantitative estimate of drug-likeness (QED) is 0.676. The van der Waals surface area contributed by atoms with Gasteiger partial charge in [-0.25, -0.2) is 0 Å². The molecule has 1 atom stereocenters. The summed E-state index contributed by atoms with van der Waals surface area (Å²) >= 11 is 0. The number of amides is 1. The van der Waals surface area contributed by atoms with Crippen LogP contribution in [0.1, 0.15) is 12.0 Å². The Labute approximate surface area is 123 Å². The normalized spacial score (nSPS) is 17.4. The minimum atomic E-state index is -0.412. The predicted molar refractivity (Wildman–Crippen MR) is 77.8 cm³/mol. The van der Waals surface area contributed by atoms with Crippen molar-refractivity contribution in [2.75, 3.05) is 20.1 Å². The number of nitrogens with zero attached hydrogens (tertiary/aromatic N) is 2. The van der Waals surface area contributed by atoms with E-state index in [0.717, 1.165) is 13.0 Å². The van der Waals surface area contributed by atoms with Crippen LogP contribution in [0.3, 0.4) is 0 Å². The highest BCUT2D eigenvalue weighted by molar-refractivity contribution is 5.85. The standard InChI is InChI=1S/C13H17N3O3.ClH/c1-15(13(17)10-6-7-14-8-10)9-11-4-2-3-5-12(11)16(18)19;/h2-5,10,14H,6-9H2,1H3;1H. The molecule has 0 spiro atoms. The first-order chi connectivity index (χ1) is 9.09. The zero-order valence-electron chi connectivity index (χ0n) is 11.2. The van der Waals surface area contributed by atoms with Crippen LogP contribution in [0.2, 0.25) is 0 Å². The number of hydrogen-bond donors (Lipinski definition) is 1. The summed E-state index contributed by atoms with van der Waals surface area (Å²) in [6.07, 6.45) is 0.833. The number of carbonyl (C=O) groups excluding carboxylic acids is 1. The zero-order chi connectivity index (χ0) is 13.8. The lowest BCUT2D eigenvalue weighted by Crippen LogP contribution is -2.33. The van der Waals surface area contributed by atoms with Gasteiger partial charge in [-0.05, 0) is 13.0 Å². The molecule has 6 nitrogen and oxygen atoms in total. The van der Waals surface area contributed by atoms with E-state index >= 15 is 0 Å². The summed E-state index contributed by atoms with van der Waals surface area (Å²) in [5, 5.41) is 14.1. The van der Waals surface area contributed by atoms with Crippen molar-refractivity contribution in [1.29, 1.82) is 0 Å².